The number of ether oxygens (including phenoxy) is 3. The summed E-state index contributed by atoms with van der Waals surface area (Å²) in [5, 5.41) is 0. The monoisotopic (exact) mass is 1100 g/mol. The van der Waals surface area contributed by atoms with Gasteiger partial charge in [0.15, 0.2) is 6.10 Å². The number of unbranched alkanes of at least 4 members (excludes halogenated alkanes) is 57. The van der Waals surface area contributed by atoms with Gasteiger partial charge in [-0.25, -0.2) is 0 Å². The second-order valence-electron chi connectivity index (χ2n) is 24.9. The third kappa shape index (κ3) is 65.2. The average Bonchev–Trinajstić information content (AvgIpc) is 3.44. The quantitative estimate of drug-likeness (QED) is 0.0343. The zero-order valence-corrected chi connectivity index (χ0v) is 53.5. The van der Waals surface area contributed by atoms with Crippen molar-refractivity contribution in [2.45, 2.75) is 431 Å². The molecule has 0 bridgehead atoms. The number of hydrogen-bond acceptors (Lipinski definition) is 6. The Hall–Kier alpha value is -1.59. The summed E-state index contributed by atoms with van der Waals surface area (Å²) in [6.45, 7) is 6.68. The summed E-state index contributed by atoms with van der Waals surface area (Å²) in [6.07, 6.45) is 80.5. The molecule has 0 rings (SSSR count). The van der Waals surface area contributed by atoms with Gasteiger partial charge in [0, 0.05) is 19.3 Å². The topological polar surface area (TPSA) is 78.9 Å². The number of rotatable bonds is 68. The van der Waals surface area contributed by atoms with E-state index in [9.17, 15) is 14.4 Å². The fraction of sp³-hybridized carbons (Fsp3) is 0.958. The minimum absolute atomic E-state index is 0.0616. The van der Waals surface area contributed by atoms with E-state index in [1.165, 1.54) is 327 Å². The van der Waals surface area contributed by atoms with Gasteiger partial charge in [-0.2, -0.15) is 0 Å². The maximum atomic E-state index is 12.9. The summed E-state index contributed by atoms with van der Waals surface area (Å²) < 4.78 is 16.9. The minimum atomic E-state index is -0.761. The molecule has 0 N–H and O–H groups in total. The normalized spacial score (nSPS) is 11.9. The van der Waals surface area contributed by atoms with Crippen LogP contribution in [-0.4, -0.2) is 37.2 Å². The van der Waals surface area contributed by atoms with Crippen LogP contribution in [0.5, 0.6) is 0 Å². The van der Waals surface area contributed by atoms with Crippen molar-refractivity contribution in [3.63, 3.8) is 0 Å². The van der Waals surface area contributed by atoms with Gasteiger partial charge in [0.2, 0.25) is 0 Å². The lowest BCUT2D eigenvalue weighted by molar-refractivity contribution is -0.167. The van der Waals surface area contributed by atoms with Gasteiger partial charge in [-0.05, 0) is 19.3 Å². The largest absolute Gasteiger partial charge is 0.462 e. The molecular formula is C72H140O6. The molecule has 464 valence electrons. The molecule has 6 heteroatoms. The summed E-state index contributed by atoms with van der Waals surface area (Å²) >= 11 is 0. The van der Waals surface area contributed by atoms with Gasteiger partial charge < -0.3 is 14.2 Å². The van der Waals surface area contributed by atoms with Gasteiger partial charge in [0.25, 0.3) is 0 Å². The molecule has 0 saturated heterocycles. The third-order valence-corrected chi connectivity index (χ3v) is 16.9. The number of hydrogen-bond donors (Lipinski definition) is 0. The Kier molecular flexibility index (Phi) is 66.5. The molecule has 78 heavy (non-hydrogen) atoms. The second kappa shape index (κ2) is 67.9. The lowest BCUT2D eigenvalue weighted by Gasteiger charge is -2.18. The Bertz CT molecular complexity index is 1170. The van der Waals surface area contributed by atoms with E-state index in [-0.39, 0.29) is 31.1 Å². The summed E-state index contributed by atoms with van der Waals surface area (Å²) in [5.41, 5.74) is 0. The number of esters is 3. The van der Waals surface area contributed by atoms with E-state index >= 15 is 0 Å². The van der Waals surface area contributed by atoms with Crippen LogP contribution in [0.15, 0.2) is 0 Å². The molecule has 0 aromatic carbocycles. The van der Waals surface area contributed by atoms with Crippen LogP contribution in [0.1, 0.15) is 425 Å². The maximum absolute atomic E-state index is 12.9. The van der Waals surface area contributed by atoms with Crippen LogP contribution < -0.4 is 0 Å². The van der Waals surface area contributed by atoms with Crippen LogP contribution in [0.3, 0.4) is 0 Å². The molecule has 0 heterocycles. The maximum Gasteiger partial charge on any atom is 0.306 e. The molecule has 0 radical (unpaired) electrons. The summed E-state index contributed by atoms with van der Waals surface area (Å²) in [5.74, 6) is -0.836. The van der Waals surface area contributed by atoms with Gasteiger partial charge in [0.1, 0.15) is 13.2 Å². The van der Waals surface area contributed by atoms with E-state index in [0.717, 1.165) is 57.8 Å². The molecule has 0 spiro atoms. The molecule has 1 unspecified atom stereocenters. The highest BCUT2D eigenvalue weighted by Crippen LogP contribution is 2.20. The Morgan fingerprint density at radius 2 is 0.346 bits per heavy atom. The Balaban J connectivity index is 3.93. The van der Waals surface area contributed by atoms with E-state index in [1.54, 1.807) is 0 Å². The van der Waals surface area contributed by atoms with Gasteiger partial charge >= 0.3 is 17.9 Å². The van der Waals surface area contributed by atoms with Crippen molar-refractivity contribution in [3.8, 4) is 0 Å². The highest BCUT2D eigenvalue weighted by atomic mass is 16.6. The van der Waals surface area contributed by atoms with Crippen molar-refractivity contribution >= 4 is 17.9 Å². The molecule has 1 atom stereocenters. The zero-order chi connectivity index (χ0) is 56.4. The molecule has 6 nitrogen and oxygen atoms in total. The molecule has 0 aliphatic rings. The first-order valence-electron chi connectivity index (χ1n) is 36.0. The standard InChI is InChI=1S/C72H140O6/c1-4-7-10-13-16-18-20-22-24-26-28-30-32-34-36-37-39-40-42-44-46-48-50-52-54-56-59-62-65-71(74)77-68-69(67-76-70(73)64-61-58-15-12-9-6-3)78-72(75)66-63-60-57-55-53-51-49-47-45-43-41-38-35-33-31-29-27-25-23-21-19-17-14-11-8-5-2/h69H,4-68H2,1-3H3. The van der Waals surface area contributed by atoms with Crippen LogP contribution in [-0.2, 0) is 28.6 Å². The van der Waals surface area contributed by atoms with Crippen molar-refractivity contribution in [1.82, 2.24) is 0 Å². The van der Waals surface area contributed by atoms with E-state index < -0.39 is 6.10 Å². The molecule has 0 saturated carbocycles. The molecule has 0 aliphatic carbocycles. The average molecular weight is 1100 g/mol. The van der Waals surface area contributed by atoms with Gasteiger partial charge in [-0.1, -0.05) is 387 Å². The Morgan fingerprint density at radius 1 is 0.205 bits per heavy atom. The smallest absolute Gasteiger partial charge is 0.306 e. The first kappa shape index (κ1) is 76.4. The fourth-order valence-electron chi connectivity index (χ4n) is 11.5. The summed E-state index contributed by atoms with van der Waals surface area (Å²) in [7, 11) is 0. The second-order valence-corrected chi connectivity index (χ2v) is 24.9. The molecule has 0 aromatic heterocycles. The van der Waals surface area contributed by atoms with Gasteiger partial charge in [-0.3, -0.25) is 14.4 Å². The highest BCUT2D eigenvalue weighted by molar-refractivity contribution is 5.71. The molecular weight excluding hydrogens is 961 g/mol. The van der Waals surface area contributed by atoms with Crippen LogP contribution in [0.25, 0.3) is 0 Å². The minimum Gasteiger partial charge on any atom is -0.462 e. The molecule has 0 aromatic rings. The zero-order valence-electron chi connectivity index (χ0n) is 53.5. The van der Waals surface area contributed by atoms with Crippen molar-refractivity contribution < 1.29 is 28.6 Å². The van der Waals surface area contributed by atoms with Crippen molar-refractivity contribution in [3.05, 3.63) is 0 Å². The predicted molar refractivity (Wildman–Crippen MR) is 340 cm³/mol. The van der Waals surface area contributed by atoms with Crippen LogP contribution in [0, 0.1) is 0 Å². The Morgan fingerprint density at radius 3 is 0.513 bits per heavy atom. The molecule has 0 fully saturated rings. The van der Waals surface area contributed by atoms with Crippen molar-refractivity contribution in [2.24, 2.45) is 0 Å². The summed E-state index contributed by atoms with van der Waals surface area (Å²) in [4.78, 5) is 38.1. The predicted octanol–water partition coefficient (Wildman–Crippen LogP) is 24.6. The van der Waals surface area contributed by atoms with Crippen LogP contribution in [0.2, 0.25) is 0 Å². The lowest BCUT2D eigenvalue weighted by atomic mass is 10.0. The summed E-state index contributed by atoms with van der Waals surface area (Å²) in [6, 6.07) is 0. The number of carbonyl (C=O) groups is 3. The van der Waals surface area contributed by atoms with E-state index in [2.05, 4.69) is 20.8 Å². The van der Waals surface area contributed by atoms with Crippen LogP contribution in [0.4, 0.5) is 0 Å². The van der Waals surface area contributed by atoms with E-state index in [1.807, 2.05) is 0 Å². The first-order chi connectivity index (χ1) is 38.5. The van der Waals surface area contributed by atoms with Gasteiger partial charge in [-0.15, -0.1) is 0 Å². The van der Waals surface area contributed by atoms with Crippen LogP contribution >= 0.6 is 0 Å². The Labute approximate surface area is 488 Å². The fourth-order valence-corrected chi connectivity index (χ4v) is 11.5. The SMILES string of the molecule is CCCCCCCCCCCCCCCCCCCCCCCCCCCCCCC(=O)OCC(COC(=O)CCCCCCCC)OC(=O)CCCCCCCCCCCCCCCCCCCCCCCCCCCC. The number of carbonyl (C=O) groups excluding carboxylic acids is 3. The highest BCUT2D eigenvalue weighted by Gasteiger charge is 2.19. The van der Waals surface area contributed by atoms with Gasteiger partial charge in [0.05, 0.1) is 0 Å². The first-order valence-corrected chi connectivity index (χ1v) is 36.0. The lowest BCUT2D eigenvalue weighted by Crippen LogP contribution is -2.30. The third-order valence-electron chi connectivity index (χ3n) is 16.9. The molecule has 0 amide bonds. The van der Waals surface area contributed by atoms with Crippen molar-refractivity contribution in [1.29, 1.82) is 0 Å². The van der Waals surface area contributed by atoms with E-state index in [0.29, 0.717) is 19.3 Å². The van der Waals surface area contributed by atoms with Crippen molar-refractivity contribution in [2.75, 3.05) is 13.2 Å². The van der Waals surface area contributed by atoms with E-state index in [4.69, 9.17) is 14.2 Å². The molecule has 0 aliphatic heterocycles.